The molecule has 0 aromatic heterocycles. The molecular formula is C17H28N2O3. The second-order valence-corrected chi connectivity index (χ2v) is 3.85. The van der Waals surface area contributed by atoms with Crippen molar-refractivity contribution >= 4 is 12.0 Å². The number of allylic oxidation sites excluding steroid dienone is 5. The van der Waals surface area contributed by atoms with Gasteiger partial charge in [-0.25, -0.2) is 4.79 Å². The van der Waals surface area contributed by atoms with E-state index in [0.717, 1.165) is 5.57 Å². The molecule has 0 heterocycles. The van der Waals surface area contributed by atoms with Gasteiger partial charge in [0.2, 0.25) is 5.91 Å². The molecule has 2 amide bonds. The minimum Gasteiger partial charge on any atom is -0.445 e. The first-order valence-electron chi connectivity index (χ1n) is 7.36. The molecule has 0 spiro atoms. The third-order valence-electron chi connectivity index (χ3n) is 2.09. The van der Waals surface area contributed by atoms with Crippen LogP contribution in [0.4, 0.5) is 4.79 Å². The number of ether oxygens (including phenoxy) is 1. The third kappa shape index (κ3) is 15.8. The van der Waals surface area contributed by atoms with Gasteiger partial charge in [0.25, 0.3) is 0 Å². The fraction of sp³-hybridized carbons (Fsp3) is 0.412. The molecule has 0 saturated carbocycles. The molecule has 0 fully saturated rings. The van der Waals surface area contributed by atoms with Crippen molar-refractivity contribution in [2.24, 2.45) is 0 Å². The van der Waals surface area contributed by atoms with Crippen molar-refractivity contribution in [3.63, 3.8) is 0 Å². The molecule has 0 unspecified atom stereocenters. The van der Waals surface area contributed by atoms with Gasteiger partial charge in [-0.3, -0.25) is 4.79 Å². The molecular weight excluding hydrogens is 280 g/mol. The van der Waals surface area contributed by atoms with Crippen LogP contribution in [0.2, 0.25) is 0 Å². The molecule has 0 aromatic rings. The van der Waals surface area contributed by atoms with E-state index in [-0.39, 0.29) is 12.5 Å². The van der Waals surface area contributed by atoms with E-state index in [0.29, 0.717) is 13.1 Å². The highest BCUT2D eigenvalue weighted by molar-refractivity contribution is 5.73. The summed E-state index contributed by atoms with van der Waals surface area (Å²) < 4.78 is 5.05. The number of hydrogen-bond acceptors (Lipinski definition) is 3. The van der Waals surface area contributed by atoms with Crippen molar-refractivity contribution in [2.45, 2.75) is 27.7 Å². The number of nitrogens with one attached hydrogen (secondary N) is 2. The first kappa shape index (κ1) is 22.0. The Bertz CT molecular complexity index is 410. The van der Waals surface area contributed by atoms with Crippen molar-refractivity contribution in [1.82, 2.24) is 10.6 Å². The number of carbonyl (C=O) groups is 2. The molecule has 0 aliphatic heterocycles. The molecule has 0 radical (unpaired) electrons. The highest BCUT2D eigenvalue weighted by Crippen LogP contribution is 2.00. The van der Waals surface area contributed by atoms with Crippen LogP contribution in [0.5, 0.6) is 0 Å². The van der Waals surface area contributed by atoms with E-state index in [9.17, 15) is 9.59 Å². The average molecular weight is 308 g/mol. The molecule has 0 saturated heterocycles. The Kier molecular flexibility index (Phi) is 16.7. The van der Waals surface area contributed by atoms with Crippen molar-refractivity contribution in [3.05, 3.63) is 48.6 Å². The summed E-state index contributed by atoms with van der Waals surface area (Å²) in [6.07, 6.45) is 10.3. The summed E-state index contributed by atoms with van der Waals surface area (Å²) in [4.78, 5) is 22.0. The lowest BCUT2D eigenvalue weighted by Crippen LogP contribution is -2.34. The van der Waals surface area contributed by atoms with Crippen LogP contribution in [0.15, 0.2) is 48.6 Å². The van der Waals surface area contributed by atoms with Gasteiger partial charge < -0.3 is 15.4 Å². The molecule has 124 valence electrons. The van der Waals surface area contributed by atoms with Crippen LogP contribution in [-0.2, 0) is 9.53 Å². The Balaban J connectivity index is 0. The Hall–Kier alpha value is -2.30. The molecule has 5 heteroatoms. The number of amides is 2. The number of carbonyl (C=O) groups excluding carboxylic acids is 2. The molecule has 0 aromatic carbocycles. The van der Waals surface area contributed by atoms with Crippen LogP contribution in [-0.4, -0.2) is 31.7 Å². The van der Waals surface area contributed by atoms with Crippen LogP contribution in [0.3, 0.4) is 0 Å². The van der Waals surface area contributed by atoms with Crippen molar-refractivity contribution in [3.8, 4) is 0 Å². The second kappa shape index (κ2) is 16.8. The Morgan fingerprint density at radius 2 is 1.77 bits per heavy atom. The van der Waals surface area contributed by atoms with Crippen molar-refractivity contribution in [2.75, 3.05) is 19.7 Å². The lowest BCUT2D eigenvalue weighted by Gasteiger charge is -2.07. The van der Waals surface area contributed by atoms with Crippen LogP contribution < -0.4 is 10.6 Å². The largest absolute Gasteiger partial charge is 0.445 e. The lowest BCUT2D eigenvalue weighted by molar-refractivity contribution is -0.118. The van der Waals surface area contributed by atoms with Crippen LogP contribution in [0, 0.1) is 0 Å². The predicted octanol–water partition coefficient (Wildman–Crippen LogP) is 3.12. The van der Waals surface area contributed by atoms with Crippen molar-refractivity contribution < 1.29 is 14.3 Å². The van der Waals surface area contributed by atoms with Gasteiger partial charge in [-0.15, -0.1) is 0 Å². The van der Waals surface area contributed by atoms with E-state index in [1.807, 2.05) is 45.1 Å². The number of hydrogen-bond donors (Lipinski definition) is 2. The van der Waals surface area contributed by atoms with E-state index in [1.165, 1.54) is 6.92 Å². The molecule has 0 aliphatic carbocycles. The summed E-state index contributed by atoms with van der Waals surface area (Å²) in [6, 6.07) is 0. The first-order chi connectivity index (χ1) is 10.6. The van der Waals surface area contributed by atoms with Gasteiger partial charge in [0.15, 0.2) is 0 Å². The van der Waals surface area contributed by atoms with Gasteiger partial charge in [0.1, 0.15) is 6.61 Å². The molecule has 22 heavy (non-hydrogen) atoms. The third-order valence-corrected chi connectivity index (χ3v) is 2.09. The van der Waals surface area contributed by atoms with Gasteiger partial charge in [-0.2, -0.15) is 0 Å². The standard InChI is InChI=1S/C15H22N2O3.C2H6/c1-4-6-8-14(9-7-5-2)12-20-15(19)17-11-10-16-13(3)18;1-2/h4-9H,1,10-12H2,2-3H3,(H,16,18)(H,17,19);1-2H3/b7-5-,8-6-,14-9+;. The smallest absolute Gasteiger partial charge is 0.407 e. The molecule has 5 nitrogen and oxygen atoms in total. The van der Waals surface area contributed by atoms with Gasteiger partial charge >= 0.3 is 6.09 Å². The predicted molar refractivity (Wildman–Crippen MR) is 91.6 cm³/mol. The zero-order valence-corrected chi connectivity index (χ0v) is 14.0. The quantitative estimate of drug-likeness (QED) is 0.535. The molecule has 0 aliphatic rings. The SMILES string of the molecule is C=C\C=C/C(=C\C=C/C)COC(=O)NCCNC(C)=O.CC. The number of rotatable bonds is 8. The second-order valence-electron chi connectivity index (χ2n) is 3.85. The minimum absolute atomic E-state index is 0.133. The van der Waals surface area contributed by atoms with Gasteiger partial charge in [-0.05, 0) is 12.5 Å². The van der Waals surface area contributed by atoms with Gasteiger partial charge in [0, 0.05) is 20.0 Å². The van der Waals surface area contributed by atoms with E-state index in [2.05, 4.69) is 17.2 Å². The Morgan fingerprint density at radius 3 is 2.32 bits per heavy atom. The van der Waals surface area contributed by atoms with Crippen LogP contribution in [0.25, 0.3) is 0 Å². The number of alkyl carbamates (subject to hydrolysis) is 1. The summed E-state index contributed by atoms with van der Waals surface area (Å²) in [5.74, 6) is -0.133. The van der Waals surface area contributed by atoms with Gasteiger partial charge in [0.05, 0.1) is 0 Å². The summed E-state index contributed by atoms with van der Waals surface area (Å²) >= 11 is 0. The minimum atomic E-state index is -0.520. The van der Waals surface area contributed by atoms with Crippen LogP contribution >= 0.6 is 0 Å². The van der Waals surface area contributed by atoms with Crippen LogP contribution in [0.1, 0.15) is 27.7 Å². The maximum absolute atomic E-state index is 11.4. The maximum Gasteiger partial charge on any atom is 0.407 e. The summed E-state index contributed by atoms with van der Waals surface area (Å²) in [7, 11) is 0. The average Bonchev–Trinajstić information content (AvgIpc) is 2.52. The lowest BCUT2D eigenvalue weighted by atomic mass is 10.2. The van der Waals surface area contributed by atoms with Crippen molar-refractivity contribution in [1.29, 1.82) is 0 Å². The fourth-order valence-electron chi connectivity index (χ4n) is 1.17. The van der Waals surface area contributed by atoms with Gasteiger partial charge in [-0.1, -0.05) is 56.9 Å². The van der Waals surface area contributed by atoms with E-state index < -0.39 is 6.09 Å². The molecule has 0 atom stereocenters. The Labute approximate surface area is 133 Å². The zero-order chi connectivity index (χ0) is 17.2. The zero-order valence-electron chi connectivity index (χ0n) is 14.0. The first-order valence-corrected chi connectivity index (χ1v) is 7.36. The fourth-order valence-corrected chi connectivity index (χ4v) is 1.17. The maximum atomic E-state index is 11.4. The highest BCUT2D eigenvalue weighted by atomic mass is 16.5. The molecule has 2 N–H and O–H groups in total. The Morgan fingerprint density at radius 1 is 1.14 bits per heavy atom. The summed E-state index contributed by atoms with van der Waals surface area (Å²) in [5, 5.41) is 5.11. The monoisotopic (exact) mass is 308 g/mol. The normalized spacial score (nSPS) is 10.8. The summed E-state index contributed by atoms with van der Waals surface area (Å²) in [5.41, 5.74) is 0.847. The summed E-state index contributed by atoms with van der Waals surface area (Å²) in [6.45, 7) is 11.8. The molecule has 0 bridgehead atoms. The van der Waals surface area contributed by atoms with E-state index in [4.69, 9.17) is 4.74 Å². The van der Waals surface area contributed by atoms with E-state index in [1.54, 1.807) is 12.2 Å². The van der Waals surface area contributed by atoms with E-state index >= 15 is 0 Å². The molecule has 0 rings (SSSR count). The highest BCUT2D eigenvalue weighted by Gasteiger charge is 2.02. The topological polar surface area (TPSA) is 67.4 Å².